The van der Waals surface area contributed by atoms with E-state index >= 15 is 0 Å². The lowest BCUT2D eigenvalue weighted by molar-refractivity contribution is 0.448. The van der Waals surface area contributed by atoms with Gasteiger partial charge in [-0.15, -0.1) is 0 Å². The van der Waals surface area contributed by atoms with Gasteiger partial charge < -0.3 is 27.2 Å². The fourth-order valence-electron chi connectivity index (χ4n) is 0.427. The maximum Gasteiger partial charge on any atom is 0.482 e. The van der Waals surface area contributed by atoms with Crippen LogP contribution in [0.5, 0.6) is 0 Å². The van der Waals surface area contributed by atoms with E-state index in [0.717, 1.165) is 0 Å². The molecular weight excluding hydrogens is 163 g/mol. The molecule has 0 aliphatic rings. The molecule has 0 atom stereocenters. The highest BCUT2D eigenvalue weighted by molar-refractivity contribution is 6.13. The summed E-state index contributed by atoms with van der Waals surface area (Å²) >= 11 is 0. The highest BCUT2D eigenvalue weighted by Gasteiger charge is 1.93. The van der Waals surface area contributed by atoms with Crippen LogP contribution in [-0.2, 0) is 0 Å². The molecule has 1 radical (unpaired) electrons. The van der Waals surface area contributed by atoms with Crippen molar-refractivity contribution in [2.75, 3.05) is 17.2 Å². The van der Waals surface area contributed by atoms with Gasteiger partial charge in [0, 0.05) is 0 Å². The molecule has 0 bridgehead atoms. The number of nitrogens with zero attached hydrogens (tertiary/aromatic N) is 3. The summed E-state index contributed by atoms with van der Waals surface area (Å²) in [4.78, 5) is 10.5. The minimum absolute atomic E-state index is 0. The molecule has 65 valence electrons. The van der Waals surface area contributed by atoms with Crippen LogP contribution in [-0.4, -0.2) is 32.7 Å². The molecule has 0 amide bonds. The van der Waals surface area contributed by atoms with Gasteiger partial charge >= 0.3 is 7.69 Å². The van der Waals surface area contributed by atoms with Crippen molar-refractivity contribution < 1.29 is 10.0 Å². The third kappa shape index (κ3) is 4.25. The predicted octanol–water partition coefficient (Wildman–Crippen LogP) is -2.88. The maximum atomic E-state index is 7.00. The number of rotatable bonds is 0. The van der Waals surface area contributed by atoms with E-state index in [-0.39, 0.29) is 25.5 Å². The molecule has 8 N–H and O–H groups in total. The topological polar surface area (TPSA) is 157 Å². The van der Waals surface area contributed by atoms with Gasteiger partial charge in [-0.25, -0.2) is 0 Å². The highest BCUT2D eigenvalue weighted by atomic mass is 16.4. The van der Waals surface area contributed by atoms with Gasteiger partial charge in [0.15, 0.2) is 0 Å². The van der Waals surface area contributed by atoms with Crippen LogP contribution in [0.15, 0.2) is 0 Å². The number of nitrogens with two attached hydrogens (primary N) is 3. The van der Waals surface area contributed by atoms with Gasteiger partial charge in [0.2, 0.25) is 17.8 Å². The second-order valence-corrected chi connectivity index (χ2v) is 1.53. The summed E-state index contributed by atoms with van der Waals surface area (Å²) in [5, 5.41) is 14.0. The van der Waals surface area contributed by atoms with E-state index in [0.29, 0.717) is 0 Å². The predicted molar refractivity (Wildman–Crippen MR) is 43.3 cm³/mol. The second kappa shape index (κ2) is 5.10. The quantitative estimate of drug-likeness (QED) is 0.260. The average Bonchev–Trinajstić information content (AvgIpc) is 1.84. The Bertz CT molecular complexity index is 194. The SMILES string of the molecule is Nc1nc(N)nc(N)n1.O[B]O. The summed E-state index contributed by atoms with van der Waals surface area (Å²) in [6.45, 7) is 0. The van der Waals surface area contributed by atoms with Crippen molar-refractivity contribution >= 4 is 25.5 Å². The summed E-state index contributed by atoms with van der Waals surface area (Å²) in [5.41, 5.74) is 15.4. The summed E-state index contributed by atoms with van der Waals surface area (Å²) in [5.74, 6) is 0.125. The summed E-state index contributed by atoms with van der Waals surface area (Å²) in [6, 6.07) is 0. The van der Waals surface area contributed by atoms with Crippen molar-refractivity contribution in [2.45, 2.75) is 0 Å². The molecule has 1 aromatic rings. The average molecular weight is 171 g/mol. The monoisotopic (exact) mass is 171 g/mol. The third-order valence-electron chi connectivity index (χ3n) is 0.687. The molecule has 0 aliphatic carbocycles. The molecular formula is C3H8BN6O2. The molecule has 1 aromatic heterocycles. The molecule has 0 aromatic carbocycles. The minimum Gasteiger partial charge on any atom is -0.429 e. The Labute approximate surface area is 68.8 Å². The van der Waals surface area contributed by atoms with E-state index in [1.165, 1.54) is 0 Å². The van der Waals surface area contributed by atoms with E-state index in [9.17, 15) is 0 Å². The number of aromatic nitrogens is 3. The Balaban J connectivity index is 0.000000354. The van der Waals surface area contributed by atoms with Gasteiger partial charge in [-0.2, -0.15) is 15.0 Å². The van der Waals surface area contributed by atoms with Gasteiger partial charge in [-0.1, -0.05) is 0 Å². The van der Waals surface area contributed by atoms with E-state index in [4.69, 9.17) is 27.2 Å². The van der Waals surface area contributed by atoms with E-state index in [1.54, 1.807) is 0 Å². The zero-order valence-electron chi connectivity index (χ0n) is 6.05. The van der Waals surface area contributed by atoms with E-state index < -0.39 is 0 Å². The van der Waals surface area contributed by atoms with Crippen molar-refractivity contribution in [2.24, 2.45) is 0 Å². The van der Waals surface area contributed by atoms with Crippen molar-refractivity contribution in [1.82, 2.24) is 15.0 Å². The lowest BCUT2D eigenvalue weighted by Crippen LogP contribution is -2.05. The lowest BCUT2D eigenvalue weighted by Gasteiger charge is -1.93. The van der Waals surface area contributed by atoms with Crippen LogP contribution in [0.4, 0.5) is 17.8 Å². The first-order valence-corrected chi connectivity index (χ1v) is 2.72. The largest absolute Gasteiger partial charge is 0.482 e. The molecule has 0 unspecified atom stereocenters. The lowest BCUT2D eigenvalue weighted by atomic mass is 10.5. The molecule has 9 heteroatoms. The van der Waals surface area contributed by atoms with Crippen molar-refractivity contribution in [3.05, 3.63) is 0 Å². The minimum atomic E-state index is 0. The standard InChI is InChI=1S/C3H6N6.BH2O2/c4-1-7-2(5)9-3(6)8-1;2-1-3/h(H6,4,5,6,7,8,9);2-3H. The third-order valence-corrected chi connectivity index (χ3v) is 0.687. The molecule has 0 saturated heterocycles. The zero-order chi connectivity index (χ0) is 9.56. The van der Waals surface area contributed by atoms with Gasteiger partial charge in [0.05, 0.1) is 0 Å². The van der Waals surface area contributed by atoms with Crippen LogP contribution in [0.3, 0.4) is 0 Å². The number of anilines is 3. The Morgan fingerprint density at radius 2 is 1.00 bits per heavy atom. The first-order chi connectivity index (χ1) is 5.60. The zero-order valence-corrected chi connectivity index (χ0v) is 6.05. The van der Waals surface area contributed by atoms with Crippen LogP contribution in [0, 0.1) is 0 Å². The van der Waals surface area contributed by atoms with Crippen LogP contribution < -0.4 is 17.2 Å². The van der Waals surface area contributed by atoms with E-state index in [1.807, 2.05) is 0 Å². The number of hydrogen-bond acceptors (Lipinski definition) is 8. The Kier molecular flexibility index (Phi) is 4.42. The molecule has 1 heterocycles. The number of hydrogen-bond donors (Lipinski definition) is 5. The number of nitrogen functional groups attached to an aromatic ring is 3. The van der Waals surface area contributed by atoms with Crippen LogP contribution in [0.25, 0.3) is 0 Å². The van der Waals surface area contributed by atoms with Crippen molar-refractivity contribution in [3.8, 4) is 0 Å². The van der Waals surface area contributed by atoms with Gasteiger partial charge in [0.25, 0.3) is 0 Å². The Hall–Kier alpha value is -1.61. The first kappa shape index (κ1) is 10.4. The molecule has 0 saturated carbocycles. The fraction of sp³-hybridized carbons (Fsp3) is 0. The van der Waals surface area contributed by atoms with Crippen molar-refractivity contribution in [3.63, 3.8) is 0 Å². The second-order valence-electron chi connectivity index (χ2n) is 1.53. The molecule has 0 spiro atoms. The Morgan fingerprint density at radius 1 is 0.833 bits per heavy atom. The van der Waals surface area contributed by atoms with Crippen LogP contribution >= 0.6 is 0 Å². The summed E-state index contributed by atoms with van der Waals surface area (Å²) < 4.78 is 0. The molecule has 0 aliphatic heterocycles. The van der Waals surface area contributed by atoms with Crippen LogP contribution in [0.2, 0.25) is 0 Å². The van der Waals surface area contributed by atoms with Gasteiger partial charge in [-0.05, 0) is 0 Å². The molecule has 8 nitrogen and oxygen atoms in total. The smallest absolute Gasteiger partial charge is 0.429 e. The van der Waals surface area contributed by atoms with Crippen LogP contribution in [0.1, 0.15) is 0 Å². The van der Waals surface area contributed by atoms with Gasteiger partial charge in [-0.3, -0.25) is 0 Å². The summed E-state index contributed by atoms with van der Waals surface area (Å²) in [6.07, 6.45) is 0. The summed E-state index contributed by atoms with van der Waals surface area (Å²) in [7, 11) is 0. The van der Waals surface area contributed by atoms with Crippen molar-refractivity contribution in [1.29, 1.82) is 0 Å². The molecule has 1 rings (SSSR count). The van der Waals surface area contributed by atoms with Gasteiger partial charge in [0.1, 0.15) is 0 Å². The highest BCUT2D eigenvalue weighted by Crippen LogP contribution is 1.97. The first-order valence-electron chi connectivity index (χ1n) is 2.72. The Morgan fingerprint density at radius 3 is 1.17 bits per heavy atom. The normalized spacial score (nSPS) is 8.17. The molecule has 0 fully saturated rings. The van der Waals surface area contributed by atoms with E-state index in [2.05, 4.69) is 15.0 Å². The fourth-order valence-corrected chi connectivity index (χ4v) is 0.427. The maximum absolute atomic E-state index is 7.00. The molecule has 12 heavy (non-hydrogen) atoms.